The van der Waals surface area contributed by atoms with Gasteiger partial charge in [-0.25, -0.2) is 0 Å². The zero-order chi connectivity index (χ0) is 30.9. The Morgan fingerprint density at radius 1 is 0.605 bits per heavy atom. The number of phenolic OH excluding ortho intramolecular Hbond substituents is 1. The van der Waals surface area contributed by atoms with Crippen LogP contribution in [-0.2, 0) is 19.6 Å². The number of hydrogen-bond donors (Lipinski definition) is 1. The summed E-state index contributed by atoms with van der Waals surface area (Å²) in [7, 11) is 0. The molecule has 43 heavy (non-hydrogen) atoms. The van der Waals surface area contributed by atoms with E-state index in [0.29, 0.717) is 31.1 Å². The van der Waals surface area contributed by atoms with Crippen molar-refractivity contribution >= 4 is 0 Å². The first kappa shape index (κ1) is 33.5. The SMILES string of the molecule is CC(C)=CCCC(C)=CCCC(C)=CCCC(C)=CCc1cc(OCc2ccccc2)cc(OCc2ccccc2)c1O. The second-order valence-electron chi connectivity index (χ2n) is 11.7. The average Bonchev–Trinajstić information content (AvgIpc) is 3.00. The van der Waals surface area contributed by atoms with Crippen molar-refractivity contribution in [1.29, 1.82) is 0 Å². The van der Waals surface area contributed by atoms with E-state index >= 15 is 0 Å². The number of rotatable bonds is 17. The topological polar surface area (TPSA) is 38.7 Å². The lowest BCUT2D eigenvalue weighted by Gasteiger charge is -2.15. The molecule has 3 aromatic carbocycles. The highest BCUT2D eigenvalue weighted by Crippen LogP contribution is 2.36. The van der Waals surface area contributed by atoms with Gasteiger partial charge in [-0.05, 0) is 96.8 Å². The molecule has 0 fully saturated rings. The molecule has 0 aromatic heterocycles. The fraction of sp³-hybridized carbons (Fsp3) is 0.350. The molecular formula is C40H50O3. The predicted molar refractivity (Wildman–Crippen MR) is 182 cm³/mol. The van der Waals surface area contributed by atoms with Crippen molar-refractivity contribution in [2.75, 3.05) is 0 Å². The molecule has 0 radical (unpaired) electrons. The molecule has 0 spiro atoms. The molecule has 0 bridgehead atoms. The van der Waals surface area contributed by atoms with E-state index in [0.717, 1.165) is 55.2 Å². The summed E-state index contributed by atoms with van der Waals surface area (Å²) < 4.78 is 12.2. The first-order valence-corrected chi connectivity index (χ1v) is 15.6. The van der Waals surface area contributed by atoms with Crippen LogP contribution in [0.25, 0.3) is 0 Å². The minimum Gasteiger partial charge on any atom is -0.504 e. The number of phenols is 1. The Morgan fingerprint density at radius 2 is 1.09 bits per heavy atom. The maximum Gasteiger partial charge on any atom is 0.165 e. The molecule has 0 atom stereocenters. The molecule has 0 aliphatic rings. The van der Waals surface area contributed by atoms with Crippen LogP contribution in [0.5, 0.6) is 17.2 Å². The van der Waals surface area contributed by atoms with E-state index in [1.54, 1.807) is 6.07 Å². The second kappa shape index (κ2) is 18.5. The Hall–Kier alpha value is -3.98. The zero-order valence-electron chi connectivity index (χ0n) is 26.9. The maximum atomic E-state index is 11.1. The number of allylic oxidation sites excluding steroid dienone is 8. The van der Waals surface area contributed by atoms with E-state index in [2.05, 4.69) is 58.9 Å². The summed E-state index contributed by atoms with van der Waals surface area (Å²) in [6.07, 6.45) is 16.4. The van der Waals surface area contributed by atoms with E-state index in [9.17, 15) is 5.11 Å². The quantitative estimate of drug-likeness (QED) is 0.162. The Bertz CT molecular complexity index is 1370. The van der Waals surface area contributed by atoms with Gasteiger partial charge >= 0.3 is 0 Å². The smallest absolute Gasteiger partial charge is 0.165 e. The molecule has 3 heteroatoms. The highest BCUT2D eigenvalue weighted by Gasteiger charge is 2.13. The molecule has 3 rings (SSSR count). The largest absolute Gasteiger partial charge is 0.504 e. The van der Waals surface area contributed by atoms with Crippen molar-refractivity contribution in [3.05, 3.63) is 136 Å². The first-order chi connectivity index (χ1) is 20.8. The van der Waals surface area contributed by atoms with E-state index in [1.807, 2.05) is 66.7 Å². The van der Waals surface area contributed by atoms with Gasteiger partial charge in [-0.3, -0.25) is 0 Å². The molecule has 0 aliphatic heterocycles. The van der Waals surface area contributed by atoms with Crippen molar-refractivity contribution in [2.45, 2.75) is 92.8 Å². The molecular weight excluding hydrogens is 528 g/mol. The fourth-order valence-corrected chi connectivity index (χ4v) is 4.73. The van der Waals surface area contributed by atoms with Gasteiger partial charge in [0.05, 0.1) is 0 Å². The van der Waals surface area contributed by atoms with Crippen molar-refractivity contribution in [3.8, 4) is 17.2 Å². The molecule has 3 nitrogen and oxygen atoms in total. The molecule has 1 N–H and O–H groups in total. The van der Waals surface area contributed by atoms with Crippen LogP contribution in [0.2, 0.25) is 0 Å². The summed E-state index contributed by atoms with van der Waals surface area (Å²) in [4.78, 5) is 0. The third kappa shape index (κ3) is 13.2. The molecule has 0 heterocycles. The Balaban J connectivity index is 1.58. The molecule has 0 amide bonds. The summed E-state index contributed by atoms with van der Waals surface area (Å²) >= 11 is 0. The summed E-state index contributed by atoms with van der Waals surface area (Å²) in [5.41, 5.74) is 8.56. The van der Waals surface area contributed by atoms with Crippen LogP contribution < -0.4 is 9.47 Å². The van der Waals surface area contributed by atoms with Gasteiger partial charge in [-0.15, -0.1) is 0 Å². The van der Waals surface area contributed by atoms with Crippen molar-refractivity contribution in [2.24, 2.45) is 0 Å². The number of hydrogen-bond acceptors (Lipinski definition) is 3. The van der Waals surface area contributed by atoms with Gasteiger partial charge in [0.25, 0.3) is 0 Å². The summed E-state index contributed by atoms with van der Waals surface area (Å²) in [6, 6.07) is 23.8. The minimum absolute atomic E-state index is 0.173. The lowest BCUT2D eigenvalue weighted by Crippen LogP contribution is -2.00. The van der Waals surface area contributed by atoms with Crippen molar-refractivity contribution in [1.82, 2.24) is 0 Å². The van der Waals surface area contributed by atoms with Crippen LogP contribution >= 0.6 is 0 Å². The van der Waals surface area contributed by atoms with E-state index in [-0.39, 0.29) is 5.75 Å². The van der Waals surface area contributed by atoms with E-state index in [4.69, 9.17) is 9.47 Å². The number of benzene rings is 3. The number of ether oxygens (including phenoxy) is 2. The van der Waals surface area contributed by atoms with Crippen molar-refractivity contribution < 1.29 is 14.6 Å². The lowest BCUT2D eigenvalue weighted by atomic mass is 10.0. The summed E-state index contributed by atoms with van der Waals surface area (Å²) in [5, 5.41) is 11.1. The summed E-state index contributed by atoms with van der Waals surface area (Å²) in [6.45, 7) is 11.8. The van der Waals surface area contributed by atoms with Gasteiger partial charge in [-0.1, -0.05) is 107 Å². The van der Waals surface area contributed by atoms with Gasteiger partial charge < -0.3 is 14.6 Å². The lowest BCUT2D eigenvalue weighted by molar-refractivity contribution is 0.277. The van der Waals surface area contributed by atoms with Crippen LogP contribution in [0.15, 0.2) is 119 Å². The van der Waals surface area contributed by atoms with Gasteiger partial charge in [0.15, 0.2) is 11.5 Å². The molecule has 228 valence electrons. The monoisotopic (exact) mass is 578 g/mol. The predicted octanol–water partition coefficient (Wildman–Crippen LogP) is 11.2. The standard InChI is InChI=1S/C40H50O3/c1-31(2)15-12-16-32(3)17-13-18-33(4)19-14-20-34(5)25-26-37-27-38(42-29-35-21-8-6-9-22-35)28-39(40(37)41)43-30-36-23-10-7-11-24-36/h6-11,15,17,19,21-25,27-28,41H,12-14,16,18,20,26,29-30H2,1-5H3. The summed E-state index contributed by atoms with van der Waals surface area (Å²) in [5.74, 6) is 1.30. The highest BCUT2D eigenvalue weighted by molar-refractivity contribution is 5.52. The van der Waals surface area contributed by atoms with Crippen molar-refractivity contribution in [3.63, 3.8) is 0 Å². The zero-order valence-corrected chi connectivity index (χ0v) is 26.9. The van der Waals surface area contributed by atoms with E-state index < -0.39 is 0 Å². The van der Waals surface area contributed by atoms with Gasteiger partial charge in [0.1, 0.15) is 19.0 Å². The number of aromatic hydroxyl groups is 1. The van der Waals surface area contributed by atoms with Crippen LogP contribution in [0.3, 0.4) is 0 Å². The second-order valence-corrected chi connectivity index (χ2v) is 11.7. The minimum atomic E-state index is 0.173. The average molecular weight is 579 g/mol. The molecule has 3 aromatic rings. The first-order valence-electron chi connectivity index (χ1n) is 15.6. The van der Waals surface area contributed by atoms with Gasteiger partial charge in [-0.2, -0.15) is 0 Å². The molecule has 0 saturated heterocycles. The Kier molecular flexibility index (Phi) is 14.4. The van der Waals surface area contributed by atoms with Crippen LogP contribution in [0.4, 0.5) is 0 Å². The van der Waals surface area contributed by atoms with Gasteiger partial charge in [0, 0.05) is 11.6 Å². The third-order valence-corrected chi connectivity index (χ3v) is 7.44. The highest BCUT2D eigenvalue weighted by atomic mass is 16.5. The van der Waals surface area contributed by atoms with Crippen LogP contribution in [0.1, 0.15) is 89.8 Å². The Morgan fingerprint density at radius 3 is 1.63 bits per heavy atom. The van der Waals surface area contributed by atoms with Crippen LogP contribution in [0, 0.1) is 0 Å². The molecule has 0 saturated carbocycles. The third-order valence-electron chi connectivity index (χ3n) is 7.44. The van der Waals surface area contributed by atoms with E-state index in [1.165, 1.54) is 22.3 Å². The normalized spacial score (nSPS) is 12.3. The molecule has 0 unspecified atom stereocenters. The Labute approximate surface area is 260 Å². The van der Waals surface area contributed by atoms with Crippen LogP contribution in [-0.4, -0.2) is 5.11 Å². The fourth-order valence-electron chi connectivity index (χ4n) is 4.73. The maximum absolute atomic E-state index is 11.1. The molecule has 0 aliphatic carbocycles. The van der Waals surface area contributed by atoms with Gasteiger partial charge in [0.2, 0.25) is 0 Å².